The number of aliphatic hydroxyl groups excluding tert-OH is 1. The Labute approximate surface area is 343 Å². The Bertz CT molecular complexity index is 1150. The van der Waals surface area contributed by atoms with Crippen LogP contribution >= 0.6 is 7.82 Å². The van der Waals surface area contributed by atoms with Crippen molar-refractivity contribution in [1.29, 1.82) is 0 Å². The van der Waals surface area contributed by atoms with E-state index in [1.165, 1.54) is 70.6 Å². The van der Waals surface area contributed by atoms with Crippen LogP contribution in [0.5, 0.6) is 0 Å². The lowest BCUT2D eigenvalue weighted by atomic mass is 10.1. The third kappa shape index (κ3) is 39.9. The van der Waals surface area contributed by atoms with Crippen LogP contribution in [0.25, 0.3) is 0 Å². The average Bonchev–Trinajstić information content (AvgIpc) is 3.19. The van der Waals surface area contributed by atoms with E-state index in [2.05, 4.69) is 92.1 Å². The van der Waals surface area contributed by atoms with Crippen LogP contribution in [0.15, 0.2) is 85.1 Å². The number of amides is 1. The molecule has 0 bridgehead atoms. The van der Waals surface area contributed by atoms with E-state index in [1.54, 1.807) is 6.08 Å². The van der Waals surface area contributed by atoms with Gasteiger partial charge in [0.25, 0.3) is 0 Å². The van der Waals surface area contributed by atoms with Gasteiger partial charge in [0, 0.05) is 13.0 Å². The maximum absolute atomic E-state index is 12.8. The van der Waals surface area contributed by atoms with E-state index in [4.69, 9.17) is 14.8 Å². The maximum atomic E-state index is 12.8. The van der Waals surface area contributed by atoms with Crippen LogP contribution in [0.2, 0.25) is 0 Å². The molecule has 0 aliphatic heterocycles. The number of nitrogens with one attached hydrogen (secondary N) is 1. The first-order valence-electron chi connectivity index (χ1n) is 22.2. The number of rotatable bonds is 40. The highest BCUT2D eigenvalue weighted by Gasteiger charge is 2.26. The summed E-state index contributed by atoms with van der Waals surface area (Å²) >= 11 is 0. The number of phosphoric acid groups is 1. The molecule has 8 nitrogen and oxygen atoms in total. The monoisotopic (exact) mass is 803 g/mol. The SMILES string of the molecule is CC/C=C\C/C=C\C/C=C\C/C=C\CCCCCCC(=O)NC(COP(=O)(O)OCCN)C(O)/C=C/CC/C=C/CC/C=C/CCCCCCCCCCCC. The van der Waals surface area contributed by atoms with Crippen molar-refractivity contribution >= 4 is 13.7 Å². The van der Waals surface area contributed by atoms with Crippen molar-refractivity contribution in [2.75, 3.05) is 19.8 Å². The largest absolute Gasteiger partial charge is 0.472 e. The Morgan fingerprint density at radius 3 is 1.59 bits per heavy atom. The highest BCUT2D eigenvalue weighted by Crippen LogP contribution is 2.43. The molecule has 56 heavy (non-hydrogen) atoms. The molecule has 3 atom stereocenters. The molecule has 9 heteroatoms. The Hall–Kier alpha value is -2.32. The number of allylic oxidation sites excluding steroid dienone is 13. The van der Waals surface area contributed by atoms with Gasteiger partial charge in [0.15, 0.2) is 0 Å². The van der Waals surface area contributed by atoms with E-state index in [0.29, 0.717) is 6.42 Å². The van der Waals surface area contributed by atoms with Crippen LogP contribution < -0.4 is 11.1 Å². The molecular weight excluding hydrogens is 719 g/mol. The van der Waals surface area contributed by atoms with E-state index < -0.39 is 20.0 Å². The minimum atomic E-state index is -4.36. The molecule has 0 heterocycles. The molecule has 0 aromatic heterocycles. The van der Waals surface area contributed by atoms with Crippen molar-refractivity contribution < 1.29 is 28.4 Å². The van der Waals surface area contributed by atoms with Gasteiger partial charge in [-0.05, 0) is 83.5 Å². The number of hydrogen-bond acceptors (Lipinski definition) is 6. The second kappa shape index (κ2) is 42.3. The lowest BCUT2D eigenvalue weighted by Gasteiger charge is -2.23. The quantitative estimate of drug-likeness (QED) is 0.0276. The molecule has 0 saturated heterocycles. The van der Waals surface area contributed by atoms with Gasteiger partial charge in [-0.3, -0.25) is 13.8 Å². The van der Waals surface area contributed by atoms with Crippen LogP contribution in [-0.4, -0.2) is 47.8 Å². The van der Waals surface area contributed by atoms with Crippen molar-refractivity contribution in [3.63, 3.8) is 0 Å². The van der Waals surface area contributed by atoms with Crippen LogP contribution in [0, 0.1) is 0 Å². The highest BCUT2D eigenvalue weighted by atomic mass is 31.2. The van der Waals surface area contributed by atoms with Gasteiger partial charge in [-0.2, -0.15) is 0 Å². The van der Waals surface area contributed by atoms with Gasteiger partial charge in [0.1, 0.15) is 0 Å². The van der Waals surface area contributed by atoms with Gasteiger partial charge in [-0.15, -0.1) is 0 Å². The Balaban J connectivity index is 4.35. The number of unbranched alkanes of at least 4 members (excludes halogenated alkanes) is 16. The highest BCUT2D eigenvalue weighted by molar-refractivity contribution is 7.47. The summed E-state index contributed by atoms with van der Waals surface area (Å²) in [5.74, 6) is -0.235. The third-order valence-electron chi connectivity index (χ3n) is 9.18. The molecule has 0 spiro atoms. The van der Waals surface area contributed by atoms with Crippen molar-refractivity contribution in [3.05, 3.63) is 85.1 Å². The standard InChI is InChI=1S/C47H83N2O6P/c1-3-5-7-9-11-13-15-17-19-21-22-23-25-26-28-30-32-34-36-38-40-46(50)45(44-55-56(52,53)54-43-42-48)49-47(51)41-39-37-35-33-31-29-27-24-20-18-16-14-12-10-8-6-4-2/h6,8,12,14,18,20,23,25,27,29-30,32,38,40,45-46,50H,3-5,7,9-11,13,15-17,19,21-22,24,26,28,31,33-37,39,41-44,48H2,1-2H3,(H,49,51)(H,52,53)/b8-6-,14-12-,20-18-,25-23+,29-27-,32-30+,40-38+. The molecule has 5 N–H and O–H groups in total. The molecule has 1 amide bonds. The molecule has 0 aromatic rings. The van der Waals surface area contributed by atoms with Gasteiger partial charge < -0.3 is 21.1 Å². The fourth-order valence-electron chi connectivity index (χ4n) is 5.86. The zero-order chi connectivity index (χ0) is 41.1. The average molecular weight is 803 g/mol. The van der Waals surface area contributed by atoms with Gasteiger partial charge in [0.05, 0.1) is 25.4 Å². The summed E-state index contributed by atoms with van der Waals surface area (Å²) in [4.78, 5) is 22.7. The first-order valence-corrected chi connectivity index (χ1v) is 23.7. The van der Waals surface area contributed by atoms with E-state index in [9.17, 15) is 19.4 Å². The summed E-state index contributed by atoms with van der Waals surface area (Å²) in [6.45, 7) is 3.96. The smallest absolute Gasteiger partial charge is 0.387 e. The topological polar surface area (TPSA) is 131 Å². The van der Waals surface area contributed by atoms with Crippen molar-refractivity contribution in [1.82, 2.24) is 5.32 Å². The maximum Gasteiger partial charge on any atom is 0.472 e. The summed E-state index contributed by atoms with van der Waals surface area (Å²) in [7, 11) is -4.36. The molecule has 0 rings (SSSR count). The number of carbonyl (C=O) groups excluding carboxylic acids is 1. The Kier molecular flexibility index (Phi) is 40.5. The molecule has 0 aliphatic carbocycles. The van der Waals surface area contributed by atoms with Crippen LogP contribution in [0.1, 0.15) is 174 Å². The summed E-state index contributed by atoms with van der Waals surface area (Å²) in [6.07, 6.45) is 56.4. The number of carbonyl (C=O) groups is 1. The zero-order valence-corrected chi connectivity index (χ0v) is 36.5. The summed E-state index contributed by atoms with van der Waals surface area (Å²) in [5.41, 5.74) is 5.37. The lowest BCUT2D eigenvalue weighted by Crippen LogP contribution is -2.45. The van der Waals surface area contributed by atoms with Crippen LogP contribution in [-0.2, 0) is 18.4 Å². The van der Waals surface area contributed by atoms with E-state index in [1.807, 2.05) is 6.08 Å². The predicted molar refractivity (Wildman–Crippen MR) is 239 cm³/mol. The van der Waals surface area contributed by atoms with Gasteiger partial charge >= 0.3 is 7.82 Å². The van der Waals surface area contributed by atoms with Crippen LogP contribution in [0.3, 0.4) is 0 Å². The summed E-state index contributed by atoms with van der Waals surface area (Å²) in [5, 5.41) is 13.6. The molecule has 0 radical (unpaired) electrons. The van der Waals surface area contributed by atoms with Crippen molar-refractivity contribution in [2.45, 2.75) is 187 Å². The summed E-state index contributed by atoms with van der Waals surface area (Å²) in [6, 6.07) is -0.901. The minimum Gasteiger partial charge on any atom is -0.387 e. The molecule has 0 saturated carbocycles. The van der Waals surface area contributed by atoms with E-state index in [0.717, 1.165) is 83.5 Å². The number of aliphatic hydroxyl groups is 1. The van der Waals surface area contributed by atoms with Crippen LogP contribution in [0.4, 0.5) is 0 Å². The minimum absolute atomic E-state index is 0.0630. The lowest BCUT2D eigenvalue weighted by molar-refractivity contribution is -0.123. The number of phosphoric ester groups is 1. The fraction of sp³-hybridized carbons (Fsp3) is 0.681. The third-order valence-corrected chi connectivity index (χ3v) is 10.2. The Morgan fingerprint density at radius 1 is 0.607 bits per heavy atom. The molecular formula is C47H83N2O6P. The molecule has 0 fully saturated rings. The van der Waals surface area contributed by atoms with Gasteiger partial charge in [0.2, 0.25) is 5.91 Å². The second-order valence-electron chi connectivity index (χ2n) is 14.5. The van der Waals surface area contributed by atoms with Crippen molar-refractivity contribution in [3.8, 4) is 0 Å². The Morgan fingerprint density at radius 2 is 1.05 bits per heavy atom. The van der Waals surface area contributed by atoms with E-state index in [-0.39, 0.29) is 25.7 Å². The summed E-state index contributed by atoms with van der Waals surface area (Å²) < 4.78 is 22.1. The molecule has 3 unspecified atom stereocenters. The first-order chi connectivity index (χ1) is 27.4. The molecule has 0 aliphatic rings. The van der Waals surface area contributed by atoms with Gasteiger partial charge in [-0.25, -0.2) is 4.57 Å². The predicted octanol–water partition coefficient (Wildman–Crippen LogP) is 12.6. The molecule has 322 valence electrons. The first kappa shape index (κ1) is 53.7. The number of hydrogen-bond donors (Lipinski definition) is 4. The van der Waals surface area contributed by atoms with E-state index >= 15 is 0 Å². The van der Waals surface area contributed by atoms with Gasteiger partial charge in [-0.1, -0.05) is 170 Å². The molecule has 0 aromatic carbocycles. The normalized spacial score (nSPS) is 14.9. The zero-order valence-electron chi connectivity index (χ0n) is 35.6. The van der Waals surface area contributed by atoms with Crippen molar-refractivity contribution in [2.24, 2.45) is 5.73 Å². The second-order valence-corrected chi connectivity index (χ2v) is 16.0. The fourth-order valence-corrected chi connectivity index (χ4v) is 6.62. The number of nitrogens with two attached hydrogens (primary N) is 1.